The van der Waals surface area contributed by atoms with Gasteiger partial charge >= 0.3 is 0 Å². The smallest absolute Gasteiger partial charge is 0.208 e. The van der Waals surface area contributed by atoms with Crippen molar-refractivity contribution in [2.45, 2.75) is 81.5 Å². The van der Waals surface area contributed by atoms with E-state index in [9.17, 15) is 20.4 Å². The Morgan fingerprint density at radius 1 is 1.16 bits per heavy atom. The Morgan fingerprint density at radius 2 is 1.90 bits per heavy atom. The summed E-state index contributed by atoms with van der Waals surface area (Å²) in [6.07, 6.45) is 4.20. The van der Waals surface area contributed by atoms with Crippen LogP contribution in [-0.4, -0.2) is 70.5 Å². The third-order valence-corrected chi connectivity index (χ3v) is 6.19. The maximum Gasteiger partial charge on any atom is 0.208 e. The molecule has 6 N–H and O–H groups in total. The number of imidazole rings is 1. The fourth-order valence-electron chi connectivity index (χ4n) is 4.36. The molecule has 0 amide bonds. The van der Waals surface area contributed by atoms with E-state index in [4.69, 9.17) is 10.5 Å². The molecule has 2 aromatic heterocycles. The summed E-state index contributed by atoms with van der Waals surface area (Å²) in [5.41, 5.74) is 6.02. The second kappa shape index (κ2) is 9.06. The molecule has 0 radical (unpaired) electrons. The third-order valence-electron chi connectivity index (χ3n) is 6.19. The van der Waals surface area contributed by atoms with Gasteiger partial charge in [0.1, 0.15) is 23.8 Å². The van der Waals surface area contributed by atoms with Crippen molar-refractivity contribution in [3.05, 3.63) is 12.2 Å². The predicted molar refractivity (Wildman–Crippen MR) is 112 cm³/mol. The lowest BCUT2D eigenvalue weighted by molar-refractivity contribution is -0.0511. The average Bonchev–Trinajstić information content (AvgIpc) is 3.21. The van der Waals surface area contributed by atoms with Gasteiger partial charge in [-0.2, -0.15) is 0 Å². The Bertz CT molecular complexity index is 976. The normalized spacial score (nSPS) is 28.3. The predicted octanol–water partition coefficient (Wildman–Crippen LogP) is 0.237. The van der Waals surface area contributed by atoms with Gasteiger partial charge in [-0.25, -0.2) is 15.0 Å². The molecule has 3 heterocycles. The molecule has 10 heteroatoms. The first-order chi connectivity index (χ1) is 14.9. The van der Waals surface area contributed by atoms with Crippen molar-refractivity contribution >= 4 is 17.0 Å². The molecular formula is C21H29N5O5. The van der Waals surface area contributed by atoms with Crippen LogP contribution in [0.4, 0.5) is 5.82 Å². The maximum atomic E-state index is 10.7. The van der Waals surface area contributed by atoms with E-state index in [1.165, 1.54) is 23.7 Å². The number of anilines is 1. The van der Waals surface area contributed by atoms with E-state index in [2.05, 4.69) is 26.8 Å². The lowest BCUT2D eigenvalue weighted by atomic mass is 9.90. The Morgan fingerprint density at radius 3 is 2.58 bits per heavy atom. The molecule has 0 bridgehead atoms. The van der Waals surface area contributed by atoms with Gasteiger partial charge < -0.3 is 30.9 Å². The van der Waals surface area contributed by atoms with E-state index < -0.39 is 36.7 Å². The zero-order valence-corrected chi connectivity index (χ0v) is 17.3. The standard InChI is InChI=1S/C21H29N5O5/c22-18-15-19(26(12-23-15)20-17(29)16(28)13(11-27)31-20)25-14(24-18)7-3-6-10-21(30)8-4-1-2-5-9-21/h12-13,16-17,20,27-30H,1-2,4-6,8-11H2,(H2,22,24,25)/t13-,16?,17?,20-/m1/s1. The van der Waals surface area contributed by atoms with Gasteiger partial charge in [-0.05, 0) is 25.2 Å². The molecule has 1 aliphatic heterocycles. The summed E-state index contributed by atoms with van der Waals surface area (Å²) < 4.78 is 7.02. The number of aliphatic hydroxyl groups excluding tert-OH is 3. The number of rotatable bonds is 4. The SMILES string of the molecule is Nc1nc(C#CCCC2(O)CCCCCC2)nc2c1ncn2[C@@H]1O[C@H](CO)C(O)C1O. The molecule has 10 nitrogen and oxygen atoms in total. The second-order valence-corrected chi connectivity index (χ2v) is 8.43. The number of nitrogens with zero attached hydrogens (tertiary/aromatic N) is 4. The van der Waals surface area contributed by atoms with Gasteiger partial charge in [0, 0.05) is 6.42 Å². The van der Waals surface area contributed by atoms with Crippen molar-refractivity contribution < 1.29 is 25.2 Å². The number of nitrogens with two attached hydrogens (primary N) is 1. The fraction of sp³-hybridized carbons (Fsp3) is 0.667. The Kier molecular flexibility index (Phi) is 6.41. The minimum atomic E-state index is -1.26. The zero-order valence-electron chi connectivity index (χ0n) is 17.3. The van der Waals surface area contributed by atoms with Crippen LogP contribution < -0.4 is 5.73 Å². The van der Waals surface area contributed by atoms with Gasteiger partial charge in [0.2, 0.25) is 5.82 Å². The van der Waals surface area contributed by atoms with Crippen LogP contribution in [0.5, 0.6) is 0 Å². The third kappa shape index (κ3) is 4.51. The number of aromatic nitrogens is 4. The van der Waals surface area contributed by atoms with Crippen molar-refractivity contribution in [2.24, 2.45) is 0 Å². The molecule has 168 valence electrons. The molecule has 1 aliphatic carbocycles. The van der Waals surface area contributed by atoms with E-state index in [0.29, 0.717) is 24.0 Å². The van der Waals surface area contributed by atoms with Crippen LogP contribution in [0.1, 0.15) is 63.4 Å². The fourth-order valence-corrected chi connectivity index (χ4v) is 4.36. The Balaban J connectivity index is 1.53. The summed E-state index contributed by atoms with van der Waals surface area (Å²) in [5, 5.41) is 40.4. The van der Waals surface area contributed by atoms with Crippen molar-refractivity contribution in [2.75, 3.05) is 12.3 Å². The molecule has 0 spiro atoms. The molecule has 31 heavy (non-hydrogen) atoms. The first kappa shape index (κ1) is 21.9. The summed E-state index contributed by atoms with van der Waals surface area (Å²) in [7, 11) is 0. The topological polar surface area (TPSA) is 160 Å². The van der Waals surface area contributed by atoms with E-state index in [-0.39, 0.29) is 11.6 Å². The van der Waals surface area contributed by atoms with Crippen molar-refractivity contribution in [3.63, 3.8) is 0 Å². The largest absolute Gasteiger partial charge is 0.394 e. The van der Waals surface area contributed by atoms with Crippen LogP contribution in [-0.2, 0) is 4.74 Å². The maximum absolute atomic E-state index is 10.7. The lowest BCUT2D eigenvalue weighted by Crippen LogP contribution is -2.33. The highest BCUT2D eigenvalue weighted by atomic mass is 16.6. The molecule has 2 fully saturated rings. The first-order valence-electron chi connectivity index (χ1n) is 10.8. The minimum Gasteiger partial charge on any atom is -0.394 e. The molecule has 2 unspecified atom stereocenters. The number of ether oxygens (including phenoxy) is 1. The average molecular weight is 431 g/mol. The highest BCUT2D eigenvalue weighted by Gasteiger charge is 2.44. The molecule has 2 aliphatic rings. The number of hydrogen-bond donors (Lipinski definition) is 5. The Hall–Kier alpha value is -2.29. The van der Waals surface area contributed by atoms with Crippen LogP contribution >= 0.6 is 0 Å². The van der Waals surface area contributed by atoms with Gasteiger partial charge in [0.25, 0.3) is 0 Å². The van der Waals surface area contributed by atoms with Crippen LogP contribution in [0, 0.1) is 11.8 Å². The summed E-state index contributed by atoms with van der Waals surface area (Å²) in [4.78, 5) is 12.8. The van der Waals surface area contributed by atoms with E-state index in [0.717, 1.165) is 25.7 Å². The van der Waals surface area contributed by atoms with Crippen molar-refractivity contribution in [1.29, 1.82) is 0 Å². The molecule has 0 aromatic carbocycles. The van der Waals surface area contributed by atoms with Crippen molar-refractivity contribution in [1.82, 2.24) is 19.5 Å². The van der Waals surface area contributed by atoms with Gasteiger partial charge in [0.05, 0.1) is 18.5 Å². The summed E-state index contributed by atoms with van der Waals surface area (Å²) in [6.45, 7) is -0.429. The van der Waals surface area contributed by atoms with Crippen LogP contribution in [0.15, 0.2) is 6.33 Å². The van der Waals surface area contributed by atoms with E-state index in [1.54, 1.807) is 0 Å². The summed E-state index contributed by atoms with van der Waals surface area (Å²) in [6, 6.07) is 0. The van der Waals surface area contributed by atoms with Crippen LogP contribution in [0.25, 0.3) is 11.2 Å². The second-order valence-electron chi connectivity index (χ2n) is 8.43. The summed E-state index contributed by atoms with van der Waals surface area (Å²) >= 11 is 0. The number of nitrogen functional groups attached to an aromatic ring is 1. The van der Waals surface area contributed by atoms with Gasteiger partial charge in [0.15, 0.2) is 17.7 Å². The molecule has 2 aromatic rings. The quantitative estimate of drug-likeness (QED) is 0.337. The van der Waals surface area contributed by atoms with Crippen molar-refractivity contribution in [3.8, 4) is 11.8 Å². The minimum absolute atomic E-state index is 0.141. The molecular weight excluding hydrogens is 402 g/mol. The summed E-state index contributed by atoms with van der Waals surface area (Å²) in [5.74, 6) is 6.27. The molecule has 1 saturated heterocycles. The molecule has 4 rings (SSSR count). The highest BCUT2D eigenvalue weighted by molar-refractivity contribution is 5.82. The number of aliphatic hydroxyl groups is 4. The van der Waals surface area contributed by atoms with Gasteiger partial charge in [-0.3, -0.25) is 4.57 Å². The zero-order chi connectivity index (χ0) is 22.0. The van der Waals surface area contributed by atoms with Gasteiger partial charge in [-0.15, -0.1) is 0 Å². The molecule has 4 atom stereocenters. The Labute approximate surface area is 180 Å². The lowest BCUT2D eigenvalue weighted by Gasteiger charge is -2.25. The first-order valence-corrected chi connectivity index (χ1v) is 10.8. The van der Waals surface area contributed by atoms with E-state index >= 15 is 0 Å². The monoisotopic (exact) mass is 431 g/mol. The molecule has 1 saturated carbocycles. The van der Waals surface area contributed by atoms with Crippen LogP contribution in [0.2, 0.25) is 0 Å². The number of hydrogen-bond acceptors (Lipinski definition) is 9. The highest BCUT2D eigenvalue weighted by Crippen LogP contribution is 2.32. The number of fused-ring (bicyclic) bond motifs is 1. The van der Waals surface area contributed by atoms with Crippen LogP contribution in [0.3, 0.4) is 0 Å². The van der Waals surface area contributed by atoms with E-state index in [1.807, 2.05) is 0 Å². The van der Waals surface area contributed by atoms with Gasteiger partial charge in [-0.1, -0.05) is 31.6 Å².